The van der Waals surface area contributed by atoms with Gasteiger partial charge in [0, 0.05) is 12.1 Å². The summed E-state index contributed by atoms with van der Waals surface area (Å²) in [6, 6.07) is 15.3. The van der Waals surface area contributed by atoms with Crippen LogP contribution in [0, 0.1) is 0 Å². The summed E-state index contributed by atoms with van der Waals surface area (Å²) in [6.45, 7) is 3.02. The van der Waals surface area contributed by atoms with E-state index in [2.05, 4.69) is 59.5 Å². The quantitative estimate of drug-likeness (QED) is 0.631. The second kappa shape index (κ2) is 4.12. The van der Waals surface area contributed by atoms with E-state index < -0.39 is 0 Å². The zero-order valence-corrected chi connectivity index (χ0v) is 11.5. The molecule has 1 atom stereocenters. The number of quaternary nitrogens is 1. The number of rotatable bonds is 2. The predicted molar refractivity (Wildman–Crippen MR) is 84.0 cm³/mol. The van der Waals surface area contributed by atoms with Crippen molar-refractivity contribution in [1.82, 2.24) is 4.59 Å². The maximum atomic E-state index is 4.52. The summed E-state index contributed by atoms with van der Waals surface area (Å²) in [4.78, 5) is 4.17. The SMILES string of the molecule is CC[N+]1(c2ccc3c(c2)Cc2ccccc2-3)C=NC=N1. The van der Waals surface area contributed by atoms with Gasteiger partial charge >= 0.3 is 0 Å². The molecule has 0 amide bonds. The van der Waals surface area contributed by atoms with Crippen molar-refractivity contribution in [2.45, 2.75) is 13.3 Å². The van der Waals surface area contributed by atoms with Crippen molar-refractivity contribution >= 4 is 18.4 Å². The molecular formula is C17H16N3+. The summed E-state index contributed by atoms with van der Waals surface area (Å²) in [6.07, 6.45) is 4.57. The number of fused-ring (bicyclic) bond motifs is 3. The molecule has 2 aliphatic rings. The first-order valence-electron chi connectivity index (χ1n) is 7.00. The summed E-state index contributed by atoms with van der Waals surface area (Å²) >= 11 is 0. The number of hydrogen-bond acceptors (Lipinski definition) is 2. The summed E-state index contributed by atoms with van der Waals surface area (Å²) in [5.41, 5.74) is 6.73. The van der Waals surface area contributed by atoms with Gasteiger partial charge < -0.3 is 0 Å². The third-order valence-corrected chi connectivity index (χ3v) is 4.29. The van der Waals surface area contributed by atoms with Crippen molar-refractivity contribution in [2.24, 2.45) is 10.1 Å². The summed E-state index contributed by atoms with van der Waals surface area (Å²) < 4.78 is 0.476. The molecule has 2 aromatic carbocycles. The van der Waals surface area contributed by atoms with E-state index in [1.54, 1.807) is 6.34 Å². The van der Waals surface area contributed by atoms with Crippen LogP contribution in [-0.4, -0.2) is 19.2 Å². The molecule has 1 heterocycles. The average molecular weight is 262 g/mol. The molecule has 0 saturated carbocycles. The van der Waals surface area contributed by atoms with Crippen LogP contribution in [0.25, 0.3) is 11.1 Å². The highest BCUT2D eigenvalue weighted by molar-refractivity contribution is 5.87. The normalized spacial score (nSPS) is 22.1. The fourth-order valence-corrected chi connectivity index (χ4v) is 3.14. The minimum Gasteiger partial charge on any atom is -0.183 e. The van der Waals surface area contributed by atoms with E-state index in [4.69, 9.17) is 0 Å². The molecule has 98 valence electrons. The maximum absolute atomic E-state index is 4.52. The third-order valence-electron chi connectivity index (χ3n) is 4.29. The molecule has 0 aromatic heterocycles. The fourth-order valence-electron chi connectivity index (χ4n) is 3.14. The van der Waals surface area contributed by atoms with Crippen molar-refractivity contribution in [3.8, 4) is 11.1 Å². The Kier molecular flexibility index (Phi) is 2.38. The van der Waals surface area contributed by atoms with E-state index in [0.29, 0.717) is 4.59 Å². The number of nitrogens with zero attached hydrogens (tertiary/aromatic N) is 3. The molecule has 3 heteroatoms. The highest BCUT2D eigenvalue weighted by Gasteiger charge is 2.31. The lowest BCUT2D eigenvalue weighted by Crippen LogP contribution is -2.40. The second-order valence-electron chi connectivity index (χ2n) is 5.31. The van der Waals surface area contributed by atoms with Crippen molar-refractivity contribution < 1.29 is 0 Å². The summed E-state index contributed by atoms with van der Waals surface area (Å²) in [5.74, 6) is 0. The Labute approximate surface area is 118 Å². The Balaban J connectivity index is 1.83. The van der Waals surface area contributed by atoms with Gasteiger partial charge in [0.05, 0.1) is 0 Å². The molecule has 1 unspecified atom stereocenters. The lowest BCUT2D eigenvalue weighted by atomic mass is 10.1. The van der Waals surface area contributed by atoms with Crippen LogP contribution in [0.4, 0.5) is 5.69 Å². The van der Waals surface area contributed by atoms with Gasteiger partial charge in [0.25, 0.3) is 0 Å². The Morgan fingerprint density at radius 1 is 1.05 bits per heavy atom. The van der Waals surface area contributed by atoms with Crippen molar-refractivity contribution in [1.29, 1.82) is 0 Å². The molecule has 1 aliphatic heterocycles. The molecule has 0 saturated heterocycles. The van der Waals surface area contributed by atoms with Gasteiger partial charge in [0.2, 0.25) is 6.34 Å². The van der Waals surface area contributed by atoms with Gasteiger partial charge in [-0.25, -0.2) is 0 Å². The minimum atomic E-state index is 0.476. The number of aliphatic imine (C=N–C) groups is 1. The smallest absolute Gasteiger partial charge is 0.183 e. The Hall–Kier alpha value is -2.26. The Morgan fingerprint density at radius 3 is 2.70 bits per heavy atom. The lowest BCUT2D eigenvalue weighted by Gasteiger charge is -2.22. The van der Waals surface area contributed by atoms with Crippen LogP contribution in [-0.2, 0) is 6.42 Å². The van der Waals surface area contributed by atoms with Crippen LogP contribution in [0.1, 0.15) is 18.1 Å². The molecule has 1 aliphatic carbocycles. The monoisotopic (exact) mass is 262 g/mol. The van der Waals surface area contributed by atoms with Crippen LogP contribution in [0.15, 0.2) is 52.6 Å². The van der Waals surface area contributed by atoms with Crippen LogP contribution in [0.5, 0.6) is 0 Å². The minimum absolute atomic E-state index is 0.476. The van der Waals surface area contributed by atoms with Crippen LogP contribution < -0.4 is 4.59 Å². The Morgan fingerprint density at radius 2 is 1.90 bits per heavy atom. The standard InChI is InChI=1S/C17H16N3/c1-2-20(12-18-11-19-20)15-7-8-17-14(10-15)9-13-5-3-4-6-16(13)17/h3-8,10-12H,2,9H2,1H3/q+1. The molecular weight excluding hydrogens is 246 g/mol. The third kappa shape index (κ3) is 1.50. The lowest BCUT2D eigenvalue weighted by molar-refractivity contribution is 0.480. The molecule has 4 rings (SSSR count). The fraction of sp³-hybridized carbons (Fsp3) is 0.176. The second-order valence-corrected chi connectivity index (χ2v) is 5.31. The van der Waals surface area contributed by atoms with E-state index in [9.17, 15) is 0 Å². The molecule has 2 aromatic rings. The molecule has 0 bridgehead atoms. The Bertz CT molecular complexity index is 732. The zero-order valence-electron chi connectivity index (χ0n) is 11.5. The van der Waals surface area contributed by atoms with Crippen molar-refractivity contribution in [2.75, 3.05) is 6.54 Å². The van der Waals surface area contributed by atoms with Gasteiger partial charge in [-0.2, -0.15) is 4.99 Å². The van der Waals surface area contributed by atoms with Crippen LogP contribution >= 0.6 is 0 Å². The van der Waals surface area contributed by atoms with E-state index in [1.807, 2.05) is 6.34 Å². The van der Waals surface area contributed by atoms with Gasteiger partial charge in [-0.15, -0.1) is 4.59 Å². The molecule has 3 nitrogen and oxygen atoms in total. The van der Waals surface area contributed by atoms with E-state index in [0.717, 1.165) is 13.0 Å². The zero-order chi connectivity index (χ0) is 13.6. The number of benzene rings is 2. The highest BCUT2D eigenvalue weighted by Crippen LogP contribution is 2.39. The van der Waals surface area contributed by atoms with Gasteiger partial charge in [-0.3, -0.25) is 0 Å². The van der Waals surface area contributed by atoms with Gasteiger partial charge in [0.15, 0.2) is 12.0 Å². The van der Waals surface area contributed by atoms with Crippen LogP contribution in [0.3, 0.4) is 0 Å². The maximum Gasteiger partial charge on any atom is 0.223 e. The molecule has 0 N–H and O–H groups in total. The van der Waals surface area contributed by atoms with Gasteiger partial charge in [0.1, 0.15) is 6.54 Å². The molecule has 0 fully saturated rings. The van der Waals surface area contributed by atoms with Crippen molar-refractivity contribution in [3.63, 3.8) is 0 Å². The first kappa shape index (κ1) is 11.6. The van der Waals surface area contributed by atoms with Crippen LogP contribution in [0.2, 0.25) is 0 Å². The predicted octanol–water partition coefficient (Wildman–Crippen LogP) is 3.57. The number of hydrogen-bond donors (Lipinski definition) is 0. The average Bonchev–Trinajstić information content (AvgIpc) is 3.11. The van der Waals surface area contributed by atoms with Crippen molar-refractivity contribution in [3.05, 3.63) is 53.6 Å². The molecule has 0 spiro atoms. The molecule has 0 radical (unpaired) electrons. The highest BCUT2D eigenvalue weighted by atomic mass is 15.6. The first-order valence-corrected chi connectivity index (χ1v) is 7.00. The van der Waals surface area contributed by atoms with E-state index in [-0.39, 0.29) is 0 Å². The molecule has 20 heavy (non-hydrogen) atoms. The summed E-state index contributed by atoms with van der Waals surface area (Å²) in [7, 11) is 0. The summed E-state index contributed by atoms with van der Waals surface area (Å²) in [5, 5.41) is 4.52. The van der Waals surface area contributed by atoms with E-state index >= 15 is 0 Å². The van der Waals surface area contributed by atoms with E-state index in [1.165, 1.54) is 27.9 Å². The topological polar surface area (TPSA) is 24.7 Å². The van der Waals surface area contributed by atoms with Gasteiger partial charge in [-0.05, 0) is 41.7 Å². The van der Waals surface area contributed by atoms with Gasteiger partial charge in [-0.1, -0.05) is 29.4 Å². The first-order chi connectivity index (χ1) is 9.82. The largest absolute Gasteiger partial charge is 0.223 e.